The van der Waals surface area contributed by atoms with Crippen LogP contribution in [0.4, 0.5) is 0 Å². The Morgan fingerprint density at radius 3 is 1.23 bits per heavy atom. The number of carbonyl (C=O) groups is 2. The van der Waals surface area contributed by atoms with Crippen LogP contribution in [0, 0.1) is 0 Å². The number of hydrogen-bond donors (Lipinski definition) is 4. The number of carboxylic acid groups (broad SMARTS) is 2. The summed E-state index contributed by atoms with van der Waals surface area (Å²) in [5.41, 5.74) is 1.94. The SMILES string of the molecule is C=C(C)C(=O)O.C=C(C)C(=O)O.OCc1ccccc1CO. The fourth-order valence-electron chi connectivity index (χ4n) is 0.866. The minimum absolute atomic E-state index is 0.00324. The number of aliphatic carboxylic acids is 2. The zero-order valence-corrected chi connectivity index (χ0v) is 12.7. The van der Waals surface area contributed by atoms with Gasteiger partial charge in [0.15, 0.2) is 0 Å². The summed E-state index contributed by atoms with van der Waals surface area (Å²) in [5, 5.41) is 33.3. The van der Waals surface area contributed by atoms with Gasteiger partial charge in [-0.2, -0.15) is 0 Å². The second kappa shape index (κ2) is 12.3. The summed E-state index contributed by atoms with van der Waals surface area (Å²) in [7, 11) is 0. The molecule has 0 aliphatic rings. The molecule has 0 heterocycles. The third-order valence-corrected chi connectivity index (χ3v) is 2.19. The molecule has 22 heavy (non-hydrogen) atoms. The summed E-state index contributed by atoms with van der Waals surface area (Å²) in [5.74, 6) is -1.87. The molecule has 0 radical (unpaired) electrons. The van der Waals surface area contributed by atoms with Gasteiger partial charge in [-0.25, -0.2) is 9.59 Å². The van der Waals surface area contributed by atoms with E-state index in [0.717, 1.165) is 11.1 Å². The van der Waals surface area contributed by atoms with Crippen LogP contribution in [0.1, 0.15) is 25.0 Å². The Labute approximate surface area is 129 Å². The van der Waals surface area contributed by atoms with E-state index in [1.54, 1.807) is 12.1 Å². The van der Waals surface area contributed by atoms with E-state index in [0.29, 0.717) is 0 Å². The van der Waals surface area contributed by atoms with Crippen molar-refractivity contribution in [2.45, 2.75) is 27.1 Å². The van der Waals surface area contributed by atoms with Crippen molar-refractivity contribution in [1.29, 1.82) is 0 Å². The summed E-state index contributed by atoms with van der Waals surface area (Å²) in [4.78, 5) is 19.2. The fraction of sp³-hybridized carbons (Fsp3) is 0.250. The van der Waals surface area contributed by atoms with Crippen LogP contribution < -0.4 is 0 Å². The molecule has 1 rings (SSSR count). The minimum atomic E-state index is -0.935. The fourth-order valence-corrected chi connectivity index (χ4v) is 0.866. The molecular weight excluding hydrogens is 288 g/mol. The maximum Gasteiger partial charge on any atom is 0.330 e. The molecule has 0 aliphatic carbocycles. The van der Waals surface area contributed by atoms with Crippen molar-refractivity contribution in [2.75, 3.05) is 0 Å². The first kappa shape index (κ1) is 21.9. The molecule has 0 aromatic heterocycles. The normalized spacial score (nSPS) is 8.55. The summed E-state index contributed by atoms with van der Waals surface area (Å²) in [6.07, 6.45) is 0. The van der Waals surface area contributed by atoms with E-state index in [9.17, 15) is 9.59 Å². The molecule has 0 spiro atoms. The maximum absolute atomic E-state index is 9.60. The molecule has 0 bridgehead atoms. The van der Waals surface area contributed by atoms with Gasteiger partial charge in [0.1, 0.15) is 0 Å². The van der Waals surface area contributed by atoms with E-state index in [1.807, 2.05) is 12.1 Å². The van der Waals surface area contributed by atoms with E-state index in [4.69, 9.17) is 20.4 Å². The van der Waals surface area contributed by atoms with Crippen LogP contribution in [-0.2, 0) is 22.8 Å². The van der Waals surface area contributed by atoms with Crippen LogP contribution in [0.3, 0.4) is 0 Å². The zero-order chi connectivity index (χ0) is 17.7. The molecule has 0 amide bonds. The Kier molecular flexibility index (Phi) is 12.2. The van der Waals surface area contributed by atoms with E-state index in [1.165, 1.54) is 13.8 Å². The first-order valence-electron chi connectivity index (χ1n) is 6.23. The highest BCUT2D eigenvalue weighted by Crippen LogP contribution is 2.07. The monoisotopic (exact) mass is 310 g/mol. The van der Waals surface area contributed by atoms with Crippen molar-refractivity contribution in [3.05, 3.63) is 59.7 Å². The molecule has 6 heteroatoms. The van der Waals surface area contributed by atoms with Crippen molar-refractivity contribution < 1.29 is 30.0 Å². The summed E-state index contributed by atoms with van der Waals surface area (Å²) in [6.45, 7) is 9.20. The highest BCUT2D eigenvalue weighted by molar-refractivity contribution is 5.85. The highest BCUT2D eigenvalue weighted by Gasteiger charge is 1.96. The Bertz CT molecular complexity index is 448. The van der Waals surface area contributed by atoms with Gasteiger partial charge in [-0.15, -0.1) is 0 Å². The van der Waals surface area contributed by atoms with Gasteiger partial charge in [-0.05, 0) is 25.0 Å². The summed E-state index contributed by atoms with van der Waals surface area (Å²) < 4.78 is 0. The highest BCUT2D eigenvalue weighted by atomic mass is 16.4. The van der Waals surface area contributed by atoms with Gasteiger partial charge in [0.25, 0.3) is 0 Å². The van der Waals surface area contributed by atoms with Gasteiger partial charge in [-0.3, -0.25) is 0 Å². The molecule has 0 atom stereocenters. The lowest BCUT2D eigenvalue weighted by Gasteiger charge is -2.01. The van der Waals surface area contributed by atoms with Crippen LogP contribution >= 0.6 is 0 Å². The van der Waals surface area contributed by atoms with E-state index in [-0.39, 0.29) is 24.4 Å². The van der Waals surface area contributed by atoms with Crippen LogP contribution in [-0.4, -0.2) is 32.4 Å². The predicted octanol–water partition coefficient (Wildman–Crippen LogP) is 1.97. The third-order valence-electron chi connectivity index (χ3n) is 2.19. The van der Waals surface area contributed by atoms with Crippen LogP contribution in [0.25, 0.3) is 0 Å². The molecule has 0 unspecified atom stereocenters. The molecular formula is C16H22O6. The number of aliphatic hydroxyl groups is 2. The topological polar surface area (TPSA) is 115 Å². The lowest BCUT2D eigenvalue weighted by molar-refractivity contribution is -0.133. The Hall–Kier alpha value is -2.44. The molecule has 122 valence electrons. The third kappa shape index (κ3) is 11.4. The molecule has 6 nitrogen and oxygen atoms in total. The lowest BCUT2D eigenvalue weighted by Crippen LogP contribution is -1.92. The minimum Gasteiger partial charge on any atom is -0.478 e. The van der Waals surface area contributed by atoms with Gasteiger partial charge in [0.2, 0.25) is 0 Å². The second-order valence-electron chi connectivity index (χ2n) is 4.26. The largest absolute Gasteiger partial charge is 0.478 e. The van der Waals surface area contributed by atoms with Crippen LogP contribution in [0.2, 0.25) is 0 Å². The van der Waals surface area contributed by atoms with Crippen LogP contribution in [0.15, 0.2) is 48.6 Å². The Morgan fingerprint density at radius 2 is 1.09 bits per heavy atom. The van der Waals surface area contributed by atoms with Gasteiger partial charge >= 0.3 is 11.9 Å². The van der Waals surface area contributed by atoms with E-state index < -0.39 is 11.9 Å². The van der Waals surface area contributed by atoms with Gasteiger partial charge < -0.3 is 20.4 Å². The first-order chi connectivity index (χ1) is 10.2. The number of carboxylic acids is 2. The number of aliphatic hydroxyl groups excluding tert-OH is 2. The second-order valence-corrected chi connectivity index (χ2v) is 4.26. The van der Waals surface area contributed by atoms with Crippen molar-refractivity contribution in [2.24, 2.45) is 0 Å². The van der Waals surface area contributed by atoms with E-state index >= 15 is 0 Å². The summed E-state index contributed by atoms with van der Waals surface area (Å²) >= 11 is 0. The van der Waals surface area contributed by atoms with Gasteiger partial charge in [-0.1, -0.05) is 37.4 Å². The van der Waals surface area contributed by atoms with Crippen LogP contribution in [0.5, 0.6) is 0 Å². The first-order valence-corrected chi connectivity index (χ1v) is 6.23. The molecule has 0 saturated carbocycles. The number of rotatable bonds is 4. The summed E-state index contributed by atoms with van der Waals surface area (Å²) in [6, 6.07) is 7.27. The predicted molar refractivity (Wildman–Crippen MR) is 83.2 cm³/mol. The standard InChI is InChI=1S/C8H10O2.2C4H6O2/c9-5-7-3-1-2-4-8(7)6-10;2*1-3(2)4(5)6/h1-4,9-10H,5-6H2;2*1H2,2H3,(H,5,6). The quantitative estimate of drug-likeness (QED) is 0.632. The molecule has 0 saturated heterocycles. The lowest BCUT2D eigenvalue weighted by atomic mass is 10.1. The average molecular weight is 310 g/mol. The smallest absolute Gasteiger partial charge is 0.330 e. The molecule has 0 aliphatic heterocycles. The number of benzene rings is 1. The van der Waals surface area contributed by atoms with Gasteiger partial charge in [0, 0.05) is 11.1 Å². The Morgan fingerprint density at radius 1 is 0.864 bits per heavy atom. The maximum atomic E-state index is 9.60. The van der Waals surface area contributed by atoms with Crippen molar-refractivity contribution in [3.63, 3.8) is 0 Å². The molecule has 0 fully saturated rings. The van der Waals surface area contributed by atoms with Gasteiger partial charge in [0.05, 0.1) is 13.2 Å². The molecule has 1 aromatic carbocycles. The van der Waals surface area contributed by atoms with E-state index in [2.05, 4.69) is 13.2 Å². The average Bonchev–Trinajstić information content (AvgIpc) is 2.48. The van der Waals surface area contributed by atoms with Crippen molar-refractivity contribution in [3.8, 4) is 0 Å². The van der Waals surface area contributed by atoms with Crippen molar-refractivity contribution in [1.82, 2.24) is 0 Å². The zero-order valence-electron chi connectivity index (χ0n) is 12.7. The Balaban J connectivity index is 0. The molecule has 4 N–H and O–H groups in total. The van der Waals surface area contributed by atoms with Crippen molar-refractivity contribution >= 4 is 11.9 Å². The number of hydrogen-bond acceptors (Lipinski definition) is 4. The molecule has 1 aromatic rings.